The summed E-state index contributed by atoms with van der Waals surface area (Å²) in [6.45, 7) is 4.15. The SMILES string of the molecule is CCCc1ccc([C@@H](N[C@H](C)C(=O)NC2CC2)c2cccs2)cc1. The topological polar surface area (TPSA) is 41.1 Å². The summed E-state index contributed by atoms with van der Waals surface area (Å²) in [5.74, 6) is 0.0988. The summed E-state index contributed by atoms with van der Waals surface area (Å²) in [5.41, 5.74) is 2.58. The first-order chi connectivity index (χ1) is 11.7. The number of carbonyl (C=O) groups is 1. The molecule has 1 aromatic carbocycles. The molecule has 1 aliphatic carbocycles. The third-order valence-corrected chi connectivity index (χ3v) is 5.35. The van der Waals surface area contributed by atoms with E-state index in [-0.39, 0.29) is 18.0 Å². The van der Waals surface area contributed by atoms with Crippen LogP contribution < -0.4 is 10.6 Å². The standard InChI is InChI=1S/C20H26N2OS/c1-3-5-15-7-9-16(10-8-15)19(18-6-4-13-24-18)21-14(2)20(23)22-17-11-12-17/h4,6-10,13-14,17,19,21H,3,5,11-12H2,1-2H3,(H,22,23)/t14-,19-/m1/s1. The van der Waals surface area contributed by atoms with Crippen molar-refractivity contribution in [3.8, 4) is 0 Å². The Bertz CT molecular complexity index is 647. The summed E-state index contributed by atoms with van der Waals surface area (Å²) in [6, 6.07) is 13.2. The Morgan fingerprint density at radius 1 is 1.25 bits per heavy atom. The lowest BCUT2D eigenvalue weighted by atomic mass is 10.0. The first-order valence-corrected chi connectivity index (χ1v) is 9.74. The molecule has 2 N–H and O–H groups in total. The lowest BCUT2D eigenvalue weighted by Crippen LogP contribution is -2.44. The van der Waals surface area contributed by atoms with Gasteiger partial charge in [0.05, 0.1) is 12.1 Å². The number of amides is 1. The Hall–Kier alpha value is -1.65. The van der Waals surface area contributed by atoms with Gasteiger partial charge in [-0.1, -0.05) is 43.7 Å². The van der Waals surface area contributed by atoms with Gasteiger partial charge in [-0.15, -0.1) is 11.3 Å². The van der Waals surface area contributed by atoms with Crippen molar-refractivity contribution < 1.29 is 4.79 Å². The van der Waals surface area contributed by atoms with E-state index in [0.717, 1.165) is 25.7 Å². The molecule has 1 fully saturated rings. The molecular weight excluding hydrogens is 316 g/mol. The molecular formula is C20H26N2OS. The van der Waals surface area contributed by atoms with Crippen molar-refractivity contribution in [2.24, 2.45) is 0 Å². The average molecular weight is 343 g/mol. The fraction of sp³-hybridized carbons (Fsp3) is 0.450. The Balaban J connectivity index is 1.74. The first-order valence-electron chi connectivity index (χ1n) is 8.86. The molecule has 1 aromatic heterocycles. The zero-order valence-electron chi connectivity index (χ0n) is 14.4. The number of aryl methyl sites for hydroxylation is 1. The maximum absolute atomic E-state index is 12.3. The highest BCUT2D eigenvalue weighted by atomic mass is 32.1. The van der Waals surface area contributed by atoms with Crippen LogP contribution in [0.2, 0.25) is 0 Å². The third kappa shape index (κ3) is 4.46. The monoisotopic (exact) mass is 342 g/mol. The van der Waals surface area contributed by atoms with E-state index in [1.807, 2.05) is 6.92 Å². The molecule has 0 radical (unpaired) electrons. The van der Waals surface area contributed by atoms with Gasteiger partial charge in [-0.3, -0.25) is 10.1 Å². The largest absolute Gasteiger partial charge is 0.352 e. The minimum absolute atomic E-state index is 0.0561. The maximum atomic E-state index is 12.3. The number of hydrogen-bond acceptors (Lipinski definition) is 3. The summed E-state index contributed by atoms with van der Waals surface area (Å²) in [4.78, 5) is 13.5. The smallest absolute Gasteiger partial charge is 0.237 e. The van der Waals surface area contributed by atoms with Gasteiger partial charge >= 0.3 is 0 Å². The molecule has 1 aliphatic rings. The van der Waals surface area contributed by atoms with Gasteiger partial charge in [0.1, 0.15) is 0 Å². The van der Waals surface area contributed by atoms with Gasteiger partial charge in [-0.05, 0) is 48.8 Å². The number of hydrogen-bond donors (Lipinski definition) is 2. The maximum Gasteiger partial charge on any atom is 0.237 e. The molecule has 0 bridgehead atoms. The van der Waals surface area contributed by atoms with Crippen LogP contribution in [0, 0.1) is 0 Å². The molecule has 128 valence electrons. The van der Waals surface area contributed by atoms with Crippen LogP contribution in [0.15, 0.2) is 41.8 Å². The molecule has 1 heterocycles. The number of benzene rings is 1. The van der Waals surface area contributed by atoms with E-state index in [0.29, 0.717) is 6.04 Å². The van der Waals surface area contributed by atoms with E-state index >= 15 is 0 Å². The van der Waals surface area contributed by atoms with Crippen LogP contribution in [0.1, 0.15) is 55.2 Å². The Kier molecular flexibility index (Phi) is 5.69. The van der Waals surface area contributed by atoms with E-state index in [9.17, 15) is 4.79 Å². The normalized spacial score (nSPS) is 16.6. The molecule has 1 amide bonds. The van der Waals surface area contributed by atoms with Crippen molar-refractivity contribution in [2.75, 3.05) is 0 Å². The van der Waals surface area contributed by atoms with Crippen LogP contribution >= 0.6 is 11.3 Å². The fourth-order valence-corrected chi connectivity index (χ4v) is 3.65. The Morgan fingerprint density at radius 2 is 2.00 bits per heavy atom. The van der Waals surface area contributed by atoms with Crippen LogP contribution in [0.5, 0.6) is 0 Å². The molecule has 2 aromatic rings. The van der Waals surface area contributed by atoms with Crippen molar-refractivity contribution >= 4 is 17.2 Å². The predicted molar refractivity (Wildman–Crippen MR) is 100 cm³/mol. The fourth-order valence-electron chi connectivity index (χ4n) is 2.84. The van der Waals surface area contributed by atoms with Crippen LogP contribution in [-0.4, -0.2) is 18.0 Å². The van der Waals surface area contributed by atoms with E-state index in [2.05, 4.69) is 59.3 Å². The lowest BCUT2D eigenvalue weighted by molar-refractivity contribution is -0.123. The Morgan fingerprint density at radius 3 is 2.58 bits per heavy atom. The van der Waals surface area contributed by atoms with E-state index in [1.165, 1.54) is 16.0 Å². The van der Waals surface area contributed by atoms with E-state index < -0.39 is 0 Å². The molecule has 3 rings (SSSR count). The molecule has 0 unspecified atom stereocenters. The van der Waals surface area contributed by atoms with Gasteiger partial charge in [-0.2, -0.15) is 0 Å². The molecule has 24 heavy (non-hydrogen) atoms. The zero-order valence-corrected chi connectivity index (χ0v) is 15.2. The highest BCUT2D eigenvalue weighted by Gasteiger charge is 2.27. The predicted octanol–water partition coefficient (Wildman–Crippen LogP) is 4.05. The van der Waals surface area contributed by atoms with Crippen molar-refractivity contribution in [2.45, 2.75) is 57.7 Å². The summed E-state index contributed by atoms with van der Waals surface area (Å²) < 4.78 is 0. The molecule has 3 nitrogen and oxygen atoms in total. The van der Waals surface area contributed by atoms with Crippen LogP contribution in [0.25, 0.3) is 0 Å². The number of nitrogens with one attached hydrogen (secondary N) is 2. The Labute approximate surface area is 148 Å². The lowest BCUT2D eigenvalue weighted by Gasteiger charge is -2.23. The molecule has 2 atom stereocenters. The summed E-state index contributed by atoms with van der Waals surface area (Å²) >= 11 is 1.73. The van der Waals surface area contributed by atoms with Crippen molar-refractivity contribution in [1.29, 1.82) is 0 Å². The van der Waals surface area contributed by atoms with Gasteiger partial charge in [0.2, 0.25) is 5.91 Å². The van der Waals surface area contributed by atoms with E-state index in [4.69, 9.17) is 0 Å². The van der Waals surface area contributed by atoms with Gasteiger partial charge in [0, 0.05) is 10.9 Å². The second kappa shape index (κ2) is 7.95. The van der Waals surface area contributed by atoms with Gasteiger partial charge in [0.15, 0.2) is 0 Å². The average Bonchev–Trinajstić information content (AvgIpc) is 3.23. The summed E-state index contributed by atoms with van der Waals surface area (Å²) in [5, 5.41) is 8.69. The van der Waals surface area contributed by atoms with E-state index in [1.54, 1.807) is 11.3 Å². The highest BCUT2D eigenvalue weighted by Crippen LogP contribution is 2.27. The minimum Gasteiger partial charge on any atom is -0.352 e. The van der Waals surface area contributed by atoms with Crippen molar-refractivity contribution in [3.05, 3.63) is 57.8 Å². The van der Waals surface area contributed by atoms with Crippen LogP contribution in [-0.2, 0) is 11.2 Å². The zero-order chi connectivity index (χ0) is 16.9. The summed E-state index contributed by atoms with van der Waals surface area (Å²) in [7, 11) is 0. The molecule has 1 saturated carbocycles. The van der Waals surface area contributed by atoms with Crippen molar-refractivity contribution in [3.63, 3.8) is 0 Å². The number of rotatable bonds is 8. The van der Waals surface area contributed by atoms with Crippen LogP contribution in [0.4, 0.5) is 0 Å². The molecule has 4 heteroatoms. The van der Waals surface area contributed by atoms with Gasteiger partial charge in [-0.25, -0.2) is 0 Å². The number of carbonyl (C=O) groups excluding carboxylic acids is 1. The first kappa shape index (κ1) is 17.2. The second-order valence-electron chi connectivity index (χ2n) is 6.61. The van der Waals surface area contributed by atoms with Crippen molar-refractivity contribution in [1.82, 2.24) is 10.6 Å². The second-order valence-corrected chi connectivity index (χ2v) is 7.59. The third-order valence-electron chi connectivity index (χ3n) is 4.41. The number of thiophene rings is 1. The quantitative estimate of drug-likeness (QED) is 0.760. The highest BCUT2D eigenvalue weighted by molar-refractivity contribution is 7.10. The molecule has 0 spiro atoms. The van der Waals surface area contributed by atoms with Crippen LogP contribution in [0.3, 0.4) is 0 Å². The molecule has 0 saturated heterocycles. The van der Waals surface area contributed by atoms with Gasteiger partial charge in [0.25, 0.3) is 0 Å². The minimum atomic E-state index is -0.215. The summed E-state index contributed by atoms with van der Waals surface area (Å²) in [6.07, 6.45) is 4.50. The van der Waals surface area contributed by atoms with Gasteiger partial charge < -0.3 is 5.32 Å². The molecule has 0 aliphatic heterocycles.